The molecular weight excluding hydrogens is 190 g/mol. The molecule has 2 aromatic rings. The van der Waals surface area contributed by atoms with Gasteiger partial charge in [0.05, 0.1) is 0 Å². The lowest BCUT2D eigenvalue weighted by molar-refractivity contribution is -0.134. The molecule has 0 saturated carbocycles. The Labute approximate surface area is 88.9 Å². The van der Waals surface area contributed by atoms with Gasteiger partial charge in [-0.05, 0) is 10.8 Å². The van der Waals surface area contributed by atoms with Gasteiger partial charge in [0.15, 0.2) is 0 Å². The first kappa shape index (κ1) is 13.1. The van der Waals surface area contributed by atoms with Crippen LogP contribution in [0.25, 0.3) is 10.8 Å². The Balaban J connectivity index is 0.000000346. The van der Waals surface area contributed by atoms with E-state index in [9.17, 15) is 0 Å². The lowest BCUT2D eigenvalue weighted by Crippen LogP contribution is -1.78. The van der Waals surface area contributed by atoms with Crippen molar-refractivity contribution in [2.75, 3.05) is 0 Å². The van der Waals surface area contributed by atoms with Crippen LogP contribution in [0.4, 0.5) is 0 Å². The highest BCUT2D eigenvalue weighted by molar-refractivity contribution is 5.81. The molecule has 2 rings (SSSR count). The predicted octanol–water partition coefficient (Wildman–Crippen LogP) is 3.09. The fourth-order valence-corrected chi connectivity index (χ4v) is 1.13. The molecule has 2 aromatic carbocycles. The maximum absolute atomic E-state index is 9.00. The van der Waals surface area contributed by atoms with Crippen LogP contribution in [-0.4, -0.2) is 11.1 Å². The van der Waals surface area contributed by atoms with Gasteiger partial charge in [-0.25, -0.2) is 0 Å². The molecule has 0 spiro atoms. The summed E-state index contributed by atoms with van der Waals surface area (Å²) in [7, 11) is 0. The van der Waals surface area contributed by atoms with Crippen molar-refractivity contribution in [3.05, 3.63) is 48.5 Å². The smallest absolute Gasteiger partial charge is 0.300 e. The van der Waals surface area contributed by atoms with Gasteiger partial charge in [-0.3, -0.25) is 4.79 Å². The highest BCUT2D eigenvalue weighted by Gasteiger charge is 1.85. The van der Waals surface area contributed by atoms with Gasteiger partial charge in [-0.15, -0.1) is 0 Å². The third-order valence-electron chi connectivity index (χ3n) is 1.66. The van der Waals surface area contributed by atoms with Crippen molar-refractivity contribution >= 4 is 16.7 Å². The summed E-state index contributed by atoms with van der Waals surface area (Å²) in [5.74, 6) is -0.833. The largest absolute Gasteiger partial charge is 0.481 e. The van der Waals surface area contributed by atoms with Crippen LogP contribution in [0.5, 0.6) is 0 Å². The van der Waals surface area contributed by atoms with E-state index in [1.807, 2.05) is 0 Å². The Hall–Kier alpha value is -1.87. The third-order valence-corrected chi connectivity index (χ3v) is 1.66. The van der Waals surface area contributed by atoms with Crippen molar-refractivity contribution in [3.8, 4) is 0 Å². The van der Waals surface area contributed by atoms with E-state index < -0.39 is 5.97 Å². The summed E-state index contributed by atoms with van der Waals surface area (Å²) in [6.07, 6.45) is 0. The molecule has 0 radical (unpaired) electrons. The second-order valence-electron chi connectivity index (χ2n) is 2.87. The Morgan fingerprint density at radius 2 is 1.13 bits per heavy atom. The van der Waals surface area contributed by atoms with Crippen LogP contribution in [0.15, 0.2) is 48.5 Å². The molecule has 3 nitrogen and oxygen atoms in total. The molecule has 80 valence electrons. The Morgan fingerprint density at radius 1 is 0.933 bits per heavy atom. The van der Waals surface area contributed by atoms with E-state index in [0.29, 0.717) is 0 Å². The monoisotopic (exact) mass is 205 g/mol. The summed E-state index contributed by atoms with van der Waals surface area (Å²) < 4.78 is 0. The minimum absolute atomic E-state index is 0. The molecule has 0 fully saturated rings. The molecule has 0 aliphatic carbocycles. The lowest BCUT2D eigenvalue weighted by atomic mass is 10.1. The van der Waals surface area contributed by atoms with Gasteiger partial charge in [-0.2, -0.15) is 0 Å². The molecule has 4 N–H and O–H groups in total. The van der Waals surface area contributed by atoms with Crippen molar-refractivity contribution in [1.82, 2.24) is 6.15 Å². The number of hydrogen-bond acceptors (Lipinski definition) is 2. The van der Waals surface area contributed by atoms with Crippen LogP contribution >= 0.6 is 0 Å². The Morgan fingerprint density at radius 3 is 1.33 bits per heavy atom. The van der Waals surface area contributed by atoms with Crippen molar-refractivity contribution in [2.45, 2.75) is 6.92 Å². The van der Waals surface area contributed by atoms with Gasteiger partial charge in [-0.1, -0.05) is 48.5 Å². The zero-order chi connectivity index (χ0) is 10.4. The molecule has 0 saturated heterocycles. The van der Waals surface area contributed by atoms with Crippen molar-refractivity contribution in [1.29, 1.82) is 0 Å². The maximum atomic E-state index is 9.00. The molecule has 0 unspecified atom stereocenters. The molecule has 0 aliphatic rings. The molecule has 0 atom stereocenters. The second-order valence-corrected chi connectivity index (χ2v) is 2.87. The van der Waals surface area contributed by atoms with E-state index in [0.717, 1.165) is 6.92 Å². The van der Waals surface area contributed by atoms with E-state index >= 15 is 0 Å². The lowest BCUT2D eigenvalue weighted by Gasteiger charge is -1.92. The van der Waals surface area contributed by atoms with E-state index in [2.05, 4.69) is 48.5 Å². The highest BCUT2D eigenvalue weighted by Crippen LogP contribution is 2.11. The average molecular weight is 205 g/mol. The van der Waals surface area contributed by atoms with Gasteiger partial charge in [0.2, 0.25) is 0 Å². The predicted molar refractivity (Wildman–Crippen MR) is 62.3 cm³/mol. The minimum atomic E-state index is -0.833. The number of carboxylic acids is 1. The first-order valence-electron chi connectivity index (χ1n) is 4.33. The van der Waals surface area contributed by atoms with Crippen LogP contribution in [0.1, 0.15) is 6.92 Å². The Bertz CT molecular complexity index is 357. The second kappa shape index (κ2) is 6.56. The van der Waals surface area contributed by atoms with Crippen molar-refractivity contribution < 1.29 is 9.90 Å². The summed E-state index contributed by atoms with van der Waals surface area (Å²) in [5.41, 5.74) is 0. The van der Waals surface area contributed by atoms with Gasteiger partial charge in [0, 0.05) is 6.92 Å². The number of benzene rings is 2. The van der Waals surface area contributed by atoms with Crippen LogP contribution < -0.4 is 6.15 Å². The molecule has 3 heteroatoms. The molecule has 0 aliphatic heterocycles. The number of carboxylic acid groups (broad SMARTS) is 1. The summed E-state index contributed by atoms with van der Waals surface area (Å²) in [5, 5.41) is 10.0. The fourth-order valence-electron chi connectivity index (χ4n) is 1.13. The number of fused-ring (bicyclic) bond motifs is 1. The van der Waals surface area contributed by atoms with E-state index in [1.54, 1.807) is 0 Å². The zero-order valence-electron chi connectivity index (χ0n) is 8.68. The van der Waals surface area contributed by atoms with E-state index in [-0.39, 0.29) is 6.15 Å². The quantitative estimate of drug-likeness (QED) is 0.694. The van der Waals surface area contributed by atoms with Crippen LogP contribution in [0.3, 0.4) is 0 Å². The fraction of sp³-hybridized carbons (Fsp3) is 0.0833. The SMILES string of the molecule is CC(=O)O.N.c1ccc2ccccc2c1. The van der Waals surface area contributed by atoms with Crippen molar-refractivity contribution in [2.24, 2.45) is 0 Å². The van der Waals surface area contributed by atoms with Gasteiger partial charge < -0.3 is 11.3 Å². The summed E-state index contributed by atoms with van der Waals surface area (Å²) in [6, 6.07) is 16.7. The number of hydrogen-bond donors (Lipinski definition) is 2. The van der Waals surface area contributed by atoms with Gasteiger partial charge in [0.1, 0.15) is 0 Å². The van der Waals surface area contributed by atoms with E-state index in [1.165, 1.54) is 10.8 Å². The molecule has 0 amide bonds. The number of carbonyl (C=O) groups is 1. The standard InChI is InChI=1S/C10H8.C2H4O2.H3N/c1-2-6-10-8-4-3-7-9(10)5-1;1-2(3)4;/h1-8H;1H3,(H,3,4);1H3. The molecule has 0 heterocycles. The zero-order valence-corrected chi connectivity index (χ0v) is 8.68. The van der Waals surface area contributed by atoms with Crippen LogP contribution in [0.2, 0.25) is 0 Å². The summed E-state index contributed by atoms with van der Waals surface area (Å²) in [6.45, 7) is 1.08. The average Bonchev–Trinajstić information content (AvgIpc) is 2.17. The first-order chi connectivity index (χ1) is 6.70. The maximum Gasteiger partial charge on any atom is 0.300 e. The number of rotatable bonds is 0. The molecule has 0 aromatic heterocycles. The first-order valence-corrected chi connectivity index (χ1v) is 4.33. The van der Waals surface area contributed by atoms with Gasteiger partial charge >= 0.3 is 0 Å². The van der Waals surface area contributed by atoms with Gasteiger partial charge in [0.25, 0.3) is 5.97 Å². The van der Waals surface area contributed by atoms with Crippen LogP contribution in [-0.2, 0) is 4.79 Å². The number of aliphatic carboxylic acids is 1. The van der Waals surface area contributed by atoms with Crippen molar-refractivity contribution in [3.63, 3.8) is 0 Å². The summed E-state index contributed by atoms with van der Waals surface area (Å²) >= 11 is 0. The Kier molecular flexibility index (Phi) is 5.75. The molecule has 15 heavy (non-hydrogen) atoms. The summed E-state index contributed by atoms with van der Waals surface area (Å²) in [4.78, 5) is 9.00. The van der Waals surface area contributed by atoms with E-state index in [4.69, 9.17) is 9.90 Å². The molecule has 0 bridgehead atoms. The highest BCUT2D eigenvalue weighted by atomic mass is 16.4. The third kappa shape index (κ3) is 4.78. The minimum Gasteiger partial charge on any atom is -0.481 e. The normalized spacial score (nSPS) is 8.33. The molecular formula is C12H15NO2. The van der Waals surface area contributed by atoms with Crippen LogP contribution in [0, 0.1) is 0 Å². The topological polar surface area (TPSA) is 72.3 Å².